The Morgan fingerprint density at radius 3 is 2.35 bits per heavy atom. The van der Waals surface area contributed by atoms with Crippen molar-refractivity contribution < 1.29 is 14.2 Å². The van der Waals surface area contributed by atoms with Crippen LogP contribution in [0.25, 0.3) is 11.1 Å². The van der Waals surface area contributed by atoms with Crippen LogP contribution in [0.2, 0.25) is 0 Å². The van der Waals surface area contributed by atoms with Crippen molar-refractivity contribution in [2.75, 3.05) is 40.7 Å². The van der Waals surface area contributed by atoms with Crippen molar-refractivity contribution in [1.82, 2.24) is 9.88 Å². The van der Waals surface area contributed by atoms with Crippen LogP contribution in [0.15, 0.2) is 12.1 Å². The molecule has 3 rings (SSSR count). The fraction of sp³-hybridized carbons (Fsp3) is 0.368. The Balaban J connectivity index is 2.33. The van der Waals surface area contributed by atoms with Gasteiger partial charge in [-0.25, -0.2) is 4.98 Å². The molecule has 7 nitrogen and oxygen atoms in total. The molecule has 0 amide bonds. The topological polar surface area (TPSA) is 93.6 Å². The van der Waals surface area contributed by atoms with Crippen molar-refractivity contribution >= 4 is 5.82 Å². The second kappa shape index (κ2) is 7.10. The van der Waals surface area contributed by atoms with E-state index >= 15 is 0 Å². The zero-order valence-electron chi connectivity index (χ0n) is 15.4. The molecule has 0 saturated heterocycles. The summed E-state index contributed by atoms with van der Waals surface area (Å²) in [6, 6.07) is 5.89. The number of aromatic nitrogens is 1. The summed E-state index contributed by atoms with van der Waals surface area (Å²) in [6.07, 6.45) is 0.791. The summed E-state index contributed by atoms with van der Waals surface area (Å²) in [6.45, 7) is 1.60. The molecular weight excluding hydrogens is 332 g/mol. The van der Waals surface area contributed by atoms with Gasteiger partial charge in [0, 0.05) is 30.8 Å². The van der Waals surface area contributed by atoms with Gasteiger partial charge in [0.2, 0.25) is 5.75 Å². The van der Waals surface area contributed by atoms with Gasteiger partial charge in [-0.3, -0.25) is 0 Å². The molecule has 26 heavy (non-hydrogen) atoms. The zero-order chi connectivity index (χ0) is 18.8. The van der Waals surface area contributed by atoms with Crippen LogP contribution >= 0.6 is 0 Å². The van der Waals surface area contributed by atoms with Crippen LogP contribution in [0.4, 0.5) is 5.82 Å². The van der Waals surface area contributed by atoms with E-state index in [0.717, 1.165) is 35.3 Å². The van der Waals surface area contributed by atoms with Crippen molar-refractivity contribution in [2.24, 2.45) is 0 Å². The highest BCUT2D eigenvalue weighted by atomic mass is 16.5. The first kappa shape index (κ1) is 17.8. The maximum absolute atomic E-state index is 9.71. The average molecular weight is 354 g/mol. The number of rotatable bonds is 4. The van der Waals surface area contributed by atoms with Crippen LogP contribution in [0.3, 0.4) is 0 Å². The summed E-state index contributed by atoms with van der Waals surface area (Å²) in [5.41, 5.74) is 9.97. The lowest BCUT2D eigenvalue weighted by atomic mass is 9.91. The molecule has 1 aliphatic rings. The lowest BCUT2D eigenvalue weighted by molar-refractivity contribution is 0.310. The normalized spacial score (nSPS) is 13.7. The lowest BCUT2D eigenvalue weighted by Crippen LogP contribution is -2.28. The fourth-order valence-corrected chi connectivity index (χ4v) is 3.37. The number of pyridine rings is 1. The summed E-state index contributed by atoms with van der Waals surface area (Å²) in [5, 5.41) is 9.71. The van der Waals surface area contributed by atoms with Crippen molar-refractivity contribution in [3.8, 4) is 34.4 Å². The molecule has 0 atom stereocenters. The molecule has 2 aromatic rings. The van der Waals surface area contributed by atoms with Gasteiger partial charge in [-0.1, -0.05) is 0 Å². The number of anilines is 1. The number of fused-ring (bicyclic) bond motifs is 1. The van der Waals surface area contributed by atoms with Crippen LogP contribution in [0.1, 0.15) is 16.8 Å². The smallest absolute Gasteiger partial charge is 0.203 e. The Morgan fingerprint density at radius 1 is 1.15 bits per heavy atom. The van der Waals surface area contributed by atoms with Crippen molar-refractivity contribution in [2.45, 2.75) is 13.0 Å². The minimum Gasteiger partial charge on any atom is -0.493 e. The number of benzene rings is 1. The van der Waals surface area contributed by atoms with Gasteiger partial charge in [0.05, 0.1) is 21.3 Å². The Kier molecular flexibility index (Phi) is 4.87. The number of nitriles is 1. The molecule has 0 radical (unpaired) electrons. The molecule has 1 aromatic carbocycles. The Hall–Kier alpha value is -2.98. The summed E-state index contributed by atoms with van der Waals surface area (Å²) < 4.78 is 16.3. The van der Waals surface area contributed by atoms with Crippen LogP contribution in [0, 0.1) is 11.3 Å². The van der Waals surface area contributed by atoms with Crippen molar-refractivity contribution in [1.29, 1.82) is 5.26 Å². The maximum Gasteiger partial charge on any atom is 0.203 e. The van der Waals surface area contributed by atoms with E-state index in [1.807, 2.05) is 19.2 Å². The zero-order valence-corrected chi connectivity index (χ0v) is 15.4. The minimum absolute atomic E-state index is 0.250. The molecule has 0 spiro atoms. The third-order valence-corrected chi connectivity index (χ3v) is 4.64. The van der Waals surface area contributed by atoms with Gasteiger partial charge in [0.15, 0.2) is 11.5 Å². The molecular formula is C19H22N4O3. The molecule has 136 valence electrons. The molecule has 1 aliphatic heterocycles. The van der Waals surface area contributed by atoms with E-state index in [1.165, 1.54) is 0 Å². The van der Waals surface area contributed by atoms with Crippen molar-refractivity contribution in [3.05, 3.63) is 29.0 Å². The molecule has 0 unspecified atom stereocenters. The Labute approximate surface area is 152 Å². The number of hydrogen-bond acceptors (Lipinski definition) is 7. The van der Waals surface area contributed by atoms with E-state index in [9.17, 15) is 5.26 Å². The number of nitrogens with zero attached hydrogens (tertiary/aromatic N) is 3. The van der Waals surface area contributed by atoms with Gasteiger partial charge in [0.1, 0.15) is 17.5 Å². The molecule has 2 heterocycles. The highest BCUT2D eigenvalue weighted by Gasteiger charge is 2.25. The highest BCUT2D eigenvalue weighted by Crippen LogP contribution is 2.44. The minimum atomic E-state index is 0.250. The van der Waals surface area contributed by atoms with E-state index in [2.05, 4.69) is 16.0 Å². The molecule has 0 bridgehead atoms. The maximum atomic E-state index is 9.71. The van der Waals surface area contributed by atoms with Crippen LogP contribution < -0.4 is 19.9 Å². The second-order valence-corrected chi connectivity index (χ2v) is 6.19. The van der Waals surface area contributed by atoms with Gasteiger partial charge in [-0.2, -0.15) is 5.26 Å². The largest absolute Gasteiger partial charge is 0.493 e. The average Bonchev–Trinajstić information content (AvgIpc) is 2.65. The van der Waals surface area contributed by atoms with E-state index in [0.29, 0.717) is 29.4 Å². The number of methoxy groups -OCH3 is 3. The van der Waals surface area contributed by atoms with E-state index in [-0.39, 0.29) is 5.82 Å². The number of ether oxygens (including phenoxy) is 3. The first-order chi connectivity index (χ1) is 12.5. The molecule has 0 fully saturated rings. The molecule has 0 aliphatic carbocycles. The van der Waals surface area contributed by atoms with Crippen LogP contribution in [0.5, 0.6) is 17.2 Å². The Morgan fingerprint density at radius 2 is 1.81 bits per heavy atom. The molecule has 1 aromatic heterocycles. The van der Waals surface area contributed by atoms with Gasteiger partial charge in [-0.15, -0.1) is 0 Å². The van der Waals surface area contributed by atoms with Crippen LogP contribution in [-0.2, 0) is 13.0 Å². The monoisotopic (exact) mass is 354 g/mol. The Bertz CT molecular complexity index is 864. The lowest BCUT2D eigenvalue weighted by Gasteiger charge is -2.27. The van der Waals surface area contributed by atoms with E-state index in [4.69, 9.17) is 19.9 Å². The predicted octanol–water partition coefficient (Wildman–Crippen LogP) is 2.22. The van der Waals surface area contributed by atoms with Gasteiger partial charge < -0.3 is 24.8 Å². The third-order valence-electron chi connectivity index (χ3n) is 4.64. The van der Waals surface area contributed by atoms with Gasteiger partial charge >= 0.3 is 0 Å². The quantitative estimate of drug-likeness (QED) is 0.899. The summed E-state index contributed by atoms with van der Waals surface area (Å²) in [7, 11) is 6.74. The predicted molar refractivity (Wildman–Crippen MR) is 98.5 cm³/mol. The van der Waals surface area contributed by atoms with Gasteiger partial charge in [-0.05, 0) is 30.3 Å². The number of nitrogen functional groups attached to an aromatic ring is 1. The van der Waals surface area contributed by atoms with E-state index < -0.39 is 0 Å². The first-order valence-corrected chi connectivity index (χ1v) is 8.24. The highest BCUT2D eigenvalue weighted by molar-refractivity contribution is 5.82. The summed E-state index contributed by atoms with van der Waals surface area (Å²) in [4.78, 5) is 6.66. The number of likely N-dealkylation sites (N-methyl/N-ethyl adjacent to an activating group) is 1. The van der Waals surface area contributed by atoms with Gasteiger partial charge in [0.25, 0.3) is 0 Å². The van der Waals surface area contributed by atoms with Crippen LogP contribution in [-0.4, -0.2) is 44.8 Å². The second-order valence-electron chi connectivity index (χ2n) is 6.19. The molecule has 2 N–H and O–H groups in total. The fourth-order valence-electron chi connectivity index (χ4n) is 3.37. The number of nitrogens with two attached hydrogens (primary N) is 1. The number of hydrogen-bond donors (Lipinski definition) is 1. The molecule has 7 heteroatoms. The van der Waals surface area contributed by atoms with Crippen molar-refractivity contribution in [3.63, 3.8) is 0 Å². The SMILES string of the molecule is COc1cc(-c2c(C#N)c(N)nc3c2CN(C)CC3)cc(OC)c1OC. The molecule has 0 saturated carbocycles. The summed E-state index contributed by atoms with van der Waals surface area (Å²) >= 11 is 0. The standard InChI is InChI=1S/C19H22N4O3/c1-23-6-5-14-13(10-23)17(12(9-20)19(21)22-14)11-7-15(24-2)18(26-4)16(8-11)25-3/h7-8H,5-6,10H2,1-4H3,(H2,21,22). The summed E-state index contributed by atoms with van der Waals surface area (Å²) in [5.74, 6) is 1.81. The van der Waals surface area contributed by atoms with E-state index in [1.54, 1.807) is 21.3 Å². The third kappa shape index (κ3) is 2.89. The first-order valence-electron chi connectivity index (χ1n) is 8.24.